The third kappa shape index (κ3) is 7.43. The van der Waals surface area contributed by atoms with Gasteiger partial charge >= 0.3 is 0 Å². The van der Waals surface area contributed by atoms with Gasteiger partial charge in [-0.15, -0.1) is 0 Å². The molecule has 0 radical (unpaired) electrons. The number of nitrogens with one attached hydrogen (secondary N) is 2. The van der Waals surface area contributed by atoms with Crippen LogP contribution in [0.3, 0.4) is 0 Å². The maximum Gasteiger partial charge on any atom is 0.261 e. The van der Waals surface area contributed by atoms with Gasteiger partial charge in [-0.1, -0.05) is 48.5 Å². The summed E-state index contributed by atoms with van der Waals surface area (Å²) in [7, 11) is 0. The van der Waals surface area contributed by atoms with Gasteiger partial charge < -0.3 is 10.6 Å². The number of aromatic nitrogens is 2. The van der Waals surface area contributed by atoms with Crippen LogP contribution in [0.2, 0.25) is 0 Å². The number of benzene rings is 4. The van der Waals surface area contributed by atoms with Crippen LogP contribution in [0.15, 0.2) is 109 Å². The van der Waals surface area contributed by atoms with Crippen molar-refractivity contribution in [3.05, 3.63) is 143 Å². The molecule has 0 aliphatic carbocycles. The lowest BCUT2D eigenvalue weighted by atomic mass is 9.94. The Balaban J connectivity index is 0.765. The zero-order valence-corrected chi connectivity index (χ0v) is 31.7. The average Bonchev–Trinajstić information content (AvgIpc) is 3.26. The van der Waals surface area contributed by atoms with Crippen molar-refractivity contribution in [1.29, 1.82) is 0 Å². The highest BCUT2D eigenvalue weighted by Gasteiger charge is 2.33. The van der Waals surface area contributed by atoms with Crippen LogP contribution < -0.4 is 10.6 Å². The zero-order chi connectivity index (χ0) is 40.2. The van der Waals surface area contributed by atoms with Crippen molar-refractivity contribution in [2.75, 3.05) is 26.2 Å². The summed E-state index contributed by atoms with van der Waals surface area (Å²) in [6.45, 7) is 1.42. The molecule has 0 bridgehead atoms. The Labute approximate surface area is 334 Å². The van der Waals surface area contributed by atoms with Crippen molar-refractivity contribution >= 4 is 57.0 Å². The molecule has 2 aliphatic heterocycles. The average molecular weight is 773 g/mol. The Bertz CT molecular complexity index is 2360. The number of pyridine rings is 2. The normalized spacial score (nSPS) is 13.4. The SMILES string of the molecule is O=C(NCCCCCN1C(=O)c2cccc3cccc(c23)C1=O)c1ccnc(-c2cc(C(=O)NCCCCCN3C(=O)c4cccc5cccc(c45)C3=O)ccn2)c1. The van der Waals surface area contributed by atoms with Crippen molar-refractivity contribution < 1.29 is 28.8 Å². The highest BCUT2D eigenvalue weighted by atomic mass is 16.2. The van der Waals surface area contributed by atoms with E-state index in [4.69, 9.17) is 0 Å². The lowest BCUT2D eigenvalue weighted by molar-refractivity contribution is 0.0592. The van der Waals surface area contributed by atoms with E-state index in [1.165, 1.54) is 22.2 Å². The van der Waals surface area contributed by atoms with Crippen molar-refractivity contribution in [3.8, 4) is 11.4 Å². The van der Waals surface area contributed by atoms with Gasteiger partial charge in [0.15, 0.2) is 0 Å². The minimum atomic E-state index is -0.280. The quantitative estimate of drug-likeness (QED) is 0.0848. The summed E-state index contributed by atoms with van der Waals surface area (Å²) in [6.07, 6.45) is 6.99. The van der Waals surface area contributed by atoms with E-state index in [2.05, 4.69) is 20.6 Å². The highest BCUT2D eigenvalue weighted by molar-refractivity contribution is 6.26. The Morgan fingerprint density at radius 1 is 0.466 bits per heavy atom. The van der Waals surface area contributed by atoms with Gasteiger partial charge in [0.05, 0.1) is 11.4 Å². The zero-order valence-electron chi connectivity index (χ0n) is 31.7. The smallest absolute Gasteiger partial charge is 0.261 e. The predicted octanol–water partition coefficient (Wildman–Crippen LogP) is 6.84. The van der Waals surface area contributed by atoms with E-state index in [-0.39, 0.29) is 35.4 Å². The van der Waals surface area contributed by atoms with Crippen molar-refractivity contribution in [2.24, 2.45) is 0 Å². The highest BCUT2D eigenvalue weighted by Crippen LogP contribution is 2.31. The minimum Gasteiger partial charge on any atom is -0.352 e. The molecule has 6 amide bonds. The molecule has 58 heavy (non-hydrogen) atoms. The summed E-state index contributed by atoms with van der Waals surface area (Å²) in [5, 5.41) is 9.01. The van der Waals surface area contributed by atoms with Crippen LogP contribution in [0.25, 0.3) is 32.9 Å². The standard InChI is InChI=1S/C46H40N6O6/c53-41(49-21-3-1-5-25-51-43(55)33-15-7-11-29-12-8-16-34(39(29)33)44(51)56)31-19-23-47-37(27-31)38-28-32(20-24-48-38)42(54)50-22-4-2-6-26-52-45(57)35-17-9-13-30-14-10-18-36(40(30)35)46(52)58/h7-20,23-24,27-28H,1-6,21-22,25-26H2,(H,49,53)(H,50,54). The molecular weight excluding hydrogens is 733 g/mol. The summed E-state index contributed by atoms with van der Waals surface area (Å²) in [6, 6.07) is 28.4. The van der Waals surface area contributed by atoms with Crippen LogP contribution in [0, 0.1) is 0 Å². The fourth-order valence-electron chi connectivity index (χ4n) is 7.74. The first-order chi connectivity index (χ1) is 28.3. The first-order valence-corrected chi connectivity index (χ1v) is 19.5. The van der Waals surface area contributed by atoms with E-state index < -0.39 is 0 Å². The van der Waals surface area contributed by atoms with Crippen LogP contribution in [0.4, 0.5) is 0 Å². The van der Waals surface area contributed by atoms with Crippen LogP contribution >= 0.6 is 0 Å². The third-order valence-electron chi connectivity index (χ3n) is 10.7. The number of amides is 6. The predicted molar refractivity (Wildman–Crippen MR) is 218 cm³/mol. The number of rotatable bonds is 15. The minimum absolute atomic E-state index is 0.278. The molecule has 0 saturated carbocycles. The van der Waals surface area contributed by atoms with E-state index in [0.717, 1.165) is 10.8 Å². The molecule has 12 nitrogen and oxygen atoms in total. The number of nitrogens with zero attached hydrogens (tertiary/aromatic N) is 4. The van der Waals surface area contributed by atoms with Gasteiger partial charge in [0.1, 0.15) is 0 Å². The Kier molecular flexibility index (Phi) is 10.8. The lowest BCUT2D eigenvalue weighted by Crippen LogP contribution is -2.40. The van der Waals surface area contributed by atoms with Gasteiger partial charge in [0.2, 0.25) is 0 Å². The monoisotopic (exact) mass is 772 g/mol. The number of hydrogen-bond donors (Lipinski definition) is 2. The van der Waals surface area contributed by atoms with Crippen molar-refractivity contribution in [1.82, 2.24) is 30.4 Å². The molecule has 6 aromatic rings. The van der Waals surface area contributed by atoms with Gasteiger partial charge in [-0.05, 0) is 97.8 Å². The topological polar surface area (TPSA) is 159 Å². The Morgan fingerprint density at radius 3 is 1.19 bits per heavy atom. The van der Waals surface area contributed by atoms with E-state index in [0.29, 0.717) is 120 Å². The molecule has 0 atom stereocenters. The van der Waals surface area contributed by atoms with E-state index in [1.54, 1.807) is 48.5 Å². The second kappa shape index (κ2) is 16.6. The molecule has 0 fully saturated rings. The number of imide groups is 2. The molecule has 8 rings (SSSR count). The Morgan fingerprint density at radius 2 is 0.828 bits per heavy atom. The number of unbranched alkanes of at least 4 members (excludes halogenated alkanes) is 4. The van der Waals surface area contributed by atoms with Crippen LogP contribution in [-0.4, -0.2) is 81.4 Å². The van der Waals surface area contributed by atoms with Gasteiger partial charge in [-0.3, -0.25) is 48.5 Å². The van der Waals surface area contributed by atoms with Crippen molar-refractivity contribution in [3.63, 3.8) is 0 Å². The first-order valence-electron chi connectivity index (χ1n) is 19.5. The van der Waals surface area contributed by atoms with E-state index in [9.17, 15) is 28.8 Å². The van der Waals surface area contributed by atoms with E-state index >= 15 is 0 Å². The largest absolute Gasteiger partial charge is 0.352 e. The van der Waals surface area contributed by atoms with Crippen LogP contribution in [0.5, 0.6) is 0 Å². The fraction of sp³-hybridized carbons (Fsp3) is 0.217. The van der Waals surface area contributed by atoms with Gasteiger partial charge in [0.25, 0.3) is 35.4 Å². The fourth-order valence-corrected chi connectivity index (χ4v) is 7.74. The van der Waals surface area contributed by atoms with Gasteiger partial charge in [0, 0.05) is 82.7 Å². The van der Waals surface area contributed by atoms with Gasteiger partial charge in [-0.25, -0.2) is 0 Å². The second-order valence-corrected chi connectivity index (χ2v) is 14.4. The van der Waals surface area contributed by atoms with Gasteiger partial charge in [-0.2, -0.15) is 0 Å². The number of carbonyl (C=O) groups excluding carboxylic acids is 6. The first kappa shape index (κ1) is 37.8. The number of carbonyl (C=O) groups is 6. The molecule has 0 spiro atoms. The maximum atomic E-state index is 13.1. The van der Waals surface area contributed by atoms with E-state index in [1.807, 2.05) is 48.5 Å². The maximum absolute atomic E-state index is 13.1. The summed E-state index contributed by atoms with van der Waals surface area (Å²) in [5.41, 5.74) is 3.84. The lowest BCUT2D eigenvalue weighted by Gasteiger charge is -2.27. The van der Waals surface area contributed by atoms with Crippen LogP contribution in [-0.2, 0) is 0 Å². The Hall–Kier alpha value is -7.08. The molecule has 4 aromatic carbocycles. The molecule has 0 saturated heterocycles. The summed E-state index contributed by atoms with van der Waals surface area (Å²) < 4.78 is 0. The molecule has 290 valence electrons. The number of hydrogen-bond acceptors (Lipinski definition) is 8. The molecule has 0 unspecified atom stereocenters. The summed E-state index contributed by atoms with van der Waals surface area (Å²) in [4.78, 5) is 90.0. The summed E-state index contributed by atoms with van der Waals surface area (Å²) in [5.74, 6) is -1.68. The molecule has 2 N–H and O–H groups in total. The summed E-state index contributed by atoms with van der Waals surface area (Å²) >= 11 is 0. The van der Waals surface area contributed by atoms with Crippen molar-refractivity contribution in [2.45, 2.75) is 38.5 Å². The molecule has 2 aromatic heterocycles. The molecule has 2 aliphatic rings. The second-order valence-electron chi connectivity index (χ2n) is 14.4. The molecule has 12 heteroatoms. The molecule has 4 heterocycles. The molecular formula is C46H40N6O6. The van der Waals surface area contributed by atoms with Crippen LogP contribution in [0.1, 0.15) is 101 Å². The third-order valence-corrected chi connectivity index (χ3v) is 10.7.